The molecule has 2 aliphatic heterocycles. The molecule has 1 amide bonds. The number of hydrogen-bond acceptors (Lipinski definition) is 3. The SMILES string of the molecule is O=C(C1Cc2ccccc2N1Cc1ccc(F)cc1)N1CCN(Cc2ccccc2)CC1. The van der Waals surface area contributed by atoms with E-state index in [1.165, 1.54) is 23.3 Å². The van der Waals surface area contributed by atoms with Gasteiger partial charge in [0.1, 0.15) is 11.9 Å². The zero-order valence-corrected chi connectivity index (χ0v) is 18.2. The topological polar surface area (TPSA) is 26.8 Å². The number of halogens is 1. The van der Waals surface area contributed by atoms with Gasteiger partial charge in [-0.15, -0.1) is 0 Å². The Labute approximate surface area is 188 Å². The lowest BCUT2D eigenvalue weighted by Gasteiger charge is -2.38. The Morgan fingerprint density at radius 2 is 1.44 bits per heavy atom. The molecule has 2 aliphatic rings. The first kappa shape index (κ1) is 20.7. The Morgan fingerprint density at radius 1 is 0.781 bits per heavy atom. The molecule has 0 spiro atoms. The summed E-state index contributed by atoms with van der Waals surface area (Å²) in [6.07, 6.45) is 0.723. The molecule has 4 nitrogen and oxygen atoms in total. The number of carbonyl (C=O) groups is 1. The van der Waals surface area contributed by atoms with Crippen LogP contribution in [0.3, 0.4) is 0 Å². The van der Waals surface area contributed by atoms with Gasteiger partial charge in [0.2, 0.25) is 5.91 Å². The van der Waals surface area contributed by atoms with Crippen LogP contribution in [0.4, 0.5) is 10.1 Å². The molecule has 0 saturated carbocycles. The number of para-hydroxylation sites is 1. The van der Waals surface area contributed by atoms with Crippen LogP contribution in [-0.4, -0.2) is 47.9 Å². The Kier molecular flexibility index (Phi) is 5.91. The van der Waals surface area contributed by atoms with Gasteiger partial charge in [0.15, 0.2) is 0 Å². The second kappa shape index (κ2) is 9.13. The number of fused-ring (bicyclic) bond motifs is 1. The van der Waals surface area contributed by atoms with E-state index in [1.807, 2.05) is 23.1 Å². The maximum absolute atomic E-state index is 13.6. The Bertz CT molecular complexity index is 1060. The van der Waals surface area contributed by atoms with E-state index in [-0.39, 0.29) is 17.8 Å². The number of nitrogens with zero attached hydrogens (tertiary/aromatic N) is 3. The molecule has 0 aliphatic carbocycles. The lowest BCUT2D eigenvalue weighted by Crippen LogP contribution is -2.54. The van der Waals surface area contributed by atoms with Gasteiger partial charge in [0.25, 0.3) is 0 Å². The third kappa shape index (κ3) is 4.39. The summed E-state index contributed by atoms with van der Waals surface area (Å²) in [6, 6.07) is 25.1. The van der Waals surface area contributed by atoms with Crippen LogP contribution in [0.1, 0.15) is 16.7 Å². The second-order valence-electron chi connectivity index (χ2n) is 8.69. The van der Waals surface area contributed by atoms with Crippen molar-refractivity contribution in [3.8, 4) is 0 Å². The number of carbonyl (C=O) groups excluding carboxylic acids is 1. The summed E-state index contributed by atoms with van der Waals surface area (Å²) in [5, 5.41) is 0. The third-order valence-electron chi connectivity index (χ3n) is 6.57. The van der Waals surface area contributed by atoms with Crippen molar-refractivity contribution in [1.29, 1.82) is 0 Å². The molecule has 5 rings (SSSR count). The van der Waals surface area contributed by atoms with Gasteiger partial charge in [0, 0.05) is 51.4 Å². The largest absolute Gasteiger partial charge is 0.355 e. The Balaban J connectivity index is 1.27. The minimum Gasteiger partial charge on any atom is -0.355 e. The summed E-state index contributed by atoms with van der Waals surface area (Å²) in [4.78, 5) is 20.2. The number of rotatable bonds is 5. The highest BCUT2D eigenvalue weighted by Gasteiger charge is 2.37. The van der Waals surface area contributed by atoms with Crippen molar-refractivity contribution in [2.75, 3.05) is 31.1 Å². The molecule has 2 heterocycles. The minimum atomic E-state index is -0.239. The average molecular weight is 430 g/mol. The number of hydrogen-bond donors (Lipinski definition) is 0. The monoisotopic (exact) mass is 429 g/mol. The molecule has 0 bridgehead atoms. The summed E-state index contributed by atoms with van der Waals surface area (Å²) >= 11 is 0. The van der Waals surface area contributed by atoms with Crippen molar-refractivity contribution in [2.24, 2.45) is 0 Å². The Morgan fingerprint density at radius 3 is 2.19 bits per heavy atom. The Hall–Kier alpha value is -3.18. The molecule has 1 saturated heterocycles. The lowest BCUT2D eigenvalue weighted by molar-refractivity contribution is -0.134. The van der Waals surface area contributed by atoms with Crippen molar-refractivity contribution in [3.63, 3.8) is 0 Å². The van der Waals surface area contributed by atoms with Crippen LogP contribution in [0.5, 0.6) is 0 Å². The number of amides is 1. The van der Waals surface area contributed by atoms with Gasteiger partial charge in [-0.3, -0.25) is 9.69 Å². The fourth-order valence-corrected chi connectivity index (χ4v) is 4.83. The molecule has 3 aromatic rings. The molecule has 164 valence electrons. The number of piperazine rings is 1. The summed E-state index contributed by atoms with van der Waals surface area (Å²) in [5.74, 6) is -0.0424. The van der Waals surface area contributed by atoms with Crippen LogP contribution in [0.2, 0.25) is 0 Å². The van der Waals surface area contributed by atoms with Crippen LogP contribution in [0, 0.1) is 5.82 Å². The van der Waals surface area contributed by atoms with E-state index in [4.69, 9.17) is 0 Å². The second-order valence-corrected chi connectivity index (χ2v) is 8.69. The van der Waals surface area contributed by atoms with Gasteiger partial charge in [-0.2, -0.15) is 0 Å². The number of benzene rings is 3. The minimum absolute atomic E-state index is 0.197. The molecular weight excluding hydrogens is 401 g/mol. The highest BCUT2D eigenvalue weighted by Crippen LogP contribution is 2.34. The van der Waals surface area contributed by atoms with Crippen LogP contribution in [0.15, 0.2) is 78.9 Å². The third-order valence-corrected chi connectivity index (χ3v) is 6.57. The smallest absolute Gasteiger partial charge is 0.245 e. The zero-order valence-electron chi connectivity index (χ0n) is 18.2. The van der Waals surface area contributed by atoms with Crippen LogP contribution >= 0.6 is 0 Å². The molecule has 1 atom stereocenters. The molecule has 0 N–H and O–H groups in total. The van der Waals surface area contributed by atoms with E-state index in [9.17, 15) is 9.18 Å². The number of anilines is 1. The van der Waals surface area contributed by atoms with Gasteiger partial charge < -0.3 is 9.80 Å². The molecular formula is C27H28FN3O. The maximum Gasteiger partial charge on any atom is 0.245 e. The molecule has 1 unspecified atom stereocenters. The van der Waals surface area contributed by atoms with Gasteiger partial charge in [-0.05, 0) is 34.9 Å². The molecule has 5 heteroatoms. The molecule has 3 aromatic carbocycles. The molecule has 1 fully saturated rings. The van der Waals surface area contributed by atoms with Gasteiger partial charge >= 0.3 is 0 Å². The van der Waals surface area contributed by atoms with Crippen LogP contribution < -0.4 is 4.90 Å². The van der Waals surface area contributed by atoms with Gasteiger partial charge in [-0.25, -0.2) is 4.39 Å². The quantitative estimate of drug-likeness (QED) is 0.611. The predicted octanol–water partition coefficient (Wildman–Crippen LogP) is 4.10. The summed E-state index contributed by atoms with van der Waals surface area (Å²) < 4.78 is 13.4. The standard InChI is InChI=1S/C27H28FN3O/c28-24-12-10-22(11-13-24)20-31-25-9-5-4-8-23(25)18-26(31)27(32)30-16-14-29(15-17-30)19-21-6-2-1-3-7-21/h1-13,26H,14-20H2. The summed E-state index contributed by atoms with van der Waals surface area (Å²) in [6.45, 7) is 4.80. The highest BCUT2D eigenvalue weighted by atomic mass is 19.1. The van der Waals surface area contributed by atoms with Gasteiger partial charge in [0.05, 0.1) is 0 Å². The van der Waals surface area contributed by atoms with Crippen molar-refractivity contribution in [1.82, 2.24) is 9.80 Å². The summed E-state index contributed by atoms with van der Waals surface area (Å²) in [5.41, 5.74) is 4.63. The highest BCUT2D eigenvalue weighted by molar-refractivity contribution is 5.88. The van der Waals surface area contributed by atoms with E-state index in [2.05, 4.69) is 46.2 Å². The first-order valence-electron chi connectivity index (χ1n) is 11.3. The first-order valence-corrected chi connectivity index (χ1v) is 11.3. The summed E-state index contributed by atoms with van der Waals surface area (Å²) in [7, 11) is 0. The predicted molar refractivity (Wildman–Crippen MR) is 125 cm³/mol. The van der Waals surface area contributed by atoms with E-state index in [1.54, 1.807) is 12.1 Å². The van der Waals surface area contributed by atoms with Crippen molar-refractivity contribution >= 4 is 11.6 Å². The molecule has 0 aromatic heterocycles. The zero-order chi connectivity index (χ0) is 21.9. The lowest BCUT2D eigenvalue weighted by atomic mass is 10.1. The van der Waals surface area contributed by atoms with Crippen molar-refractivity contribution in [3.05, 3.63) is 101 Å². The van der Waals surface area contributed by atoms with Crippen LogP contribution in [-0.2, 0) is 24.3 Å². The van der Waals surface area contributed by atoms with Crippen LogP contribution in [0.25, 0.3) is 0 Å². The van der Waals surface area contributed by atoms with E-state index >= 15 is 0 Å². The maximum atomic E-state index is 13.6. The van der Waals surface area contributed by atoms with E-state index in [0.29, 0.717) is 6.54 Å². The normalized spacial score (nSPS) is 18.6. The first-order chi connectivity index (χ1) is 15.7. The van der Waals surface area contributed by atoms with Crippen molar-refractivity contribution in [2.45, 2.75) is 25.6 Å². The van der Waals surface area contributed by atoms with Gasteiger partial charge in [-0.1, -0.05) is 60.7 Å². The fraction of sp³-hybridized carbons (Fsp3) is 0.296. The average Bonchev–Trinajstić information content (AvgIpc) is 3.19. The van der Waals surface area contributed by atoms with Crippen molar-refractivity contribution < 1.29 is 9.18 Å². The fourth-order valence-electron chi connectivity index (χ4n) is 4.83. The molecule has 32 heavy (non-hydrogen) atoms. The van der Waals surface area contributed by atoms with E-state index < -0.39 is 0 Å². The van der Waals surface area contributed by atoms with E-state index in [0.717, 1.165) is 50.4 Å². The molecule has 0 radical (unpaired) electrons.